The number of fused-ring (bicyclic) bond motifs is 1. The Bertz CT molecular complexity index is 818. The van der Waals surface area contributed by atoms with E-state index in [-0.39, 0.29) is 11.7 Å². The number of benzene rings is 1. The number of likely N-dealkylation sites (tertiary alicyclic amines) is 1. The molecule has 0 atom stereocenters. The molecule has 26 heavy (non-hydrogen) atoms. The number of nitrogens with zero attached hydrogens (tertiary/aromatic N) is 4. The Morgan fingerprint density at radius 1 is 1.08 bits per heavy atom. The van der Waals surface area contributed by atoms with Crippen molar-refractivity contribution in [1.82, 2.24) is 19.2 Å². The molecule has 4 rings (SSSR count). The molecule has 0 aliphatic carbocycles. The molecule has 0 bridgehead atoms. The van der Waals surface area contributed by atoms with E-state index in [2.05, 4.69) is 9.47 Å². The van der Waals surface area contributed by atoms with E-state index in [1.807, 2.05) is 35.0 Å². The lowest BCUT2D eigenvalue weighted by Crippen LogP contribution is -2.37. The van der Waals surface area contributed by atoms with E-state index in [9.17, 15) is 4.79 Å². The van der Waals surface area contributed by atoms with Crippen molar-refractivity contribution in [2.45, 2.75) is 51.7 Å². The molecule has 6 heteroatoms. The van der Waals surface area contributed by atoms with E-state index in [0.717, 1.165) is 61.7 Å². The number of aryl methyl sites for hydroxylation is 1. The van der Waals surface area contributed by atoms with Crippen LogP contribution in [0.3, 0.4) is 0 Å². The van der Waals surface area contributed by atoms with Crippen LogP contribution in [-0.4, -0.2) is 38.1 Å². The average Bonchev–Trinajstić information content (AvgIpc) is 2.85. The normalized spacial score (nSPS) is 19.1. The second kappa shape index (κ2) is 7.84. The Balaban J connectivity index is 1.37. The fraction of sp³-hybridized carbons (Fsp3) is 0.550. The van der Waals surface area contributed by atoms with Gasteiger partial charge in [-0.25, -0.2) is 4.68 Å². The van der Waals surface area contributed by atoms with Crippen molar-refractivity contribution in [2.24, 2.45) is 5.92 Å². The van der Waals surface area contributed by atoms with Crippen molar-refractivity contribution < 1.29 is 4.79 Å². The SMILES string of the molecule is O=C(c1ccccc1)C1CCN(Cn2nc3n(c2=S)CCCCC3)CC1. The van der Waals surface area contributed by atoms with Crippen LogP contribution in [0.4, 0.5) is 0 Å². The van der Waals surface area contributed by atoms with Gasteiger partial charge in [0.15, 0.2) is 10.6 Å². The number of aromatic nitrogens is 3. The van der Waals surface area contributed by atoms with Crippen molar-refractivity contribution in [1.29, 1.82) is 0 Å². The quantitative estimate of drug-likeness (QED) is 0.608. The third kappa shape index (κ3) is 3.67. The molecule has 138 valence electrons. The summed E-state index contributed by atoms with van der Waals surface area (Å²) >= 11 is 5.65. The van der Waals surface area contributed by atoms with E-state index in [4.69, 9.17) is 17.3 Å². The Kier molecular flexibility index (Phi) is 5.31. The van der Waals surface area contributed by atoms with Gasteiger partial charge >= 0.3 is 0 Å². The van der Waals surface area contributed by atoms with Crippen molar-refractivity contribution in [3.05, 3.63) is 46.5 Å². The van der Waals surface area contributed by atoms with Crippen LogP contribution in [0.2, 0.25) is 0 Å². The van der Waals surface area contributed by atoms with E-state index >= 15 is 0 Å². The third-order valence-corrected chi connectivity index (χ3v) is 6.06. The lowest BCUT2D eigenvalue weighted by Gasteiger charge is -2.30. The summed E-state index contributed by atoms with van der Waals surface area (Å²) in [4.78, 5) is 15.0. The second-order valence-corrected chi connectivity index (χ2v) is 7.79. The minimum atomic E-state index is 0.139. The minimum Gasteiger partial charge on any atom is -0.304 e. The highest BCUT2D eigenvalue weighted by Crippen LogP contribution is 2.22. The topological polar surface area (TPSA) is 43.1 Å². The van der Waals surface area contributed by atoms with Gasteiger partial charge in [0.25, 0.3) is 0 Å². The molecule has 1 aromatic heterocycles. The van der Waals surface area contributed by atoms with E-state index in [1.54, 1.807) is 0 Å². The molecule has 5 nitrogen and oxygen atoms in total. The van der Waals surface area contributed by atoms with Crippen molar-refractivity contribution in [2.75, 3.05) is 13.1 Å². The number of piperidine rings is 1. The summed E-state index contributed by atoms with van der Waals surface area (Å²) in [5.41, 5.74) is 0.839. The molecule has 0 N–H and O–H groups in total. The van der Waals surface area contributed by atoms with Crippen LogP contribution < -0.4 is 0 Å². The van der Waals surface area contributed by atoms with Gasteiger partial charge < -0.3 is 4.57 Å². The van der Waals surface area contributed by atoms with Gasteiger partial charge in [0.05, 0.1) is 6.67 Å². The Morgan fingerprint density at radius 3 is 2.62 bits per heavy atom. The van der Waals surface area contributed by atoms with Crippen LogP contribution >= 0.6 is 12.2 Å². The Labute approximate surface area is 159 Å². The molecule has 1 aromatic carbocycles. The zero-order valence-corrected chi connectivity index (χ0v) is 16.0. The number of carbonyl (C=O) groups excluding carboxylic acids is 1. The molecule has 2 aromatic rings. The molecule has 0 amide bonds. The molecular weight excluding hydrogens is 344 g/mol. The number of hydrogen-bond acceptors (Lipinski definition) is 4. The molecule has 3 heterocycles. The van der Waals surface area contributed by atoms with Gasteiger partial charge in [-0.1, -0.05) is 36.8 Å². The molecule has 0 spiro atoms. The smallest absolute Gasteiger partial charge is 0.199 e. The fourth-order valence-corrected chi connectivity index (χ4v) is 4.38. The average molecular weight is 371 g/mol. The van der Waals surface area contributed by atoms with Crippen LogP contribution in [0.25, 0.3) is 0 Å². The first-order valence-corrected chi connectivity index (χ1v) is 10.1. The summed E-state index contributed by atoms with van der Waals surface area (Å²) in [6.07, 6.45) is 6.52. The lowest BCUT2D eigenvalue weighted by atomic mass is 9.89. The first-order valence-electron chi connectivity index (χ1n) is 9.70. The largest absolute Gasteiger partial charge is 0.304 e. The molecule has 2 aliphatic heterocycles. The summed E-state index contributed by atoms with van der Waals surface area (Å²) in [5.74, 6) is 1.57. The van der Waals surface area contributed by atoms with Gasteiger partial charge in [-0.2, -0.15) is 5.10 Å². The van der Waals surface area contributed by atoms with Gasteiger partial charge in [0.2, 0.25) is 0 Å². The highest BCUT2D eigenvalue weighted by Gasteiger charge is 2.26. The minimum absolute atomic E-state index is 0.139. The van der Waals surface area contributed by atoms with Gasteiger partial charge in [0, 0.05) is 37.5 Å². The van der Waals surface area contributed by atoms with E-state index in [1.165, 1.54) is 19.3 Å². The van der Waals surface area contributed by atoms with Crippen LogP contribution in [0, 0.1) is 10.7 Å². The standard InChI is InChI=1S/C20H26N4OS/c25-19(16-7-3-1-4-8-16)17-10-13-22(14-11-17)15-24-20(26)23-12-6-2-5-9-18(23)21-24/h1,3-4,7-8,17H,2,5-6,9-15H2. The summed E-state index contributed by atoms with van der Waals surface area (Å²) in [5, 5.41) is 4.77. The van der Waals surface area contributed by atoms with E-state index in [0.29, 0.717) is 0 Å². The first kappa shape index (κ1) is 17.6. The predicted octanol–water partition coefficient (Wildman–Crippen LogP) is 3.69. The third-order valence-electron chi connectivity index (χ3n) is 5.63. The summed E-state index contributed by atoms with van der Waals surface area (Å²) in [6.45, 7) is 3.59. The lowest BCUT2D eigenvalue weighted by molar-refractivity contribution is 0.0803. The van der Waals surface area contributed by atoms with Crippen LogP contribution in [0.5, 0.6) is 0 Å². The molecule has 0 saturated carbocycles. The van der Waals surface area contributed by atoms with Crippen molar-refractivity contribution >= 4 is 18.0 Å². The van der Waals surface area contributed by atoms with Crippen molar-refractivity contribution in [3.8, 4) is 0 Å². The monoisotopic (exact) mass is 370 g/mol. The molecule has 1 saturated heterocycles. The van der Waals surface area contributed by atoms with Crippen LogP contribution in [-0.2, 0) is 19.6 Å². The first-order chi connectivity index (χ1) is 12.7. The number of carbonyl (C=O) groups is 1. The second-order valence-electron chi connectivity index (χ2n) is 7.42. The summed E-state index contributed by atoms with van der Waals surface area (Å²) < 4.78 is 5.05. The Morgan fingerprint density at radius 2 is 1.85 bits per heavy atom. The summed E-state index contributed by atoms with van der Waals surface area (Å²) in [6, 6.07) is 9.67. The zero-order chi connectivity index (χ0) is 17.9. The maximum atomic E-state index is 12.6. The van der Waals surface area contributed by atoms with Gasteiger partial charge in [-0.3, -0.25) is 9.69 Å². The predicted molar refractivity (Wildman–Crippen MR) is 104 cm³/mol. The molecule has 1 fully saturated rings. The number of rotatable bonds is 4. The van der Waals surface area contributed by atoms with Gasteiger partial charge in [-0.05, 0) is 37.9 Å². The van der Waals surface area contributed by atoms with Crippen LogP contribution in [0.1, 0.15) is 48.3 Å². The number of ketones is 1. The molecule has 0 unspecified atom stereocenters. The Hall–Kier alpha value is -1.79. The van der Waals surface area contributed by atoms with Crippen molar-refractivity contribution in [3.63, 3.8) is 0 Å². The fourth-order valence-electron chi connectivity index (χ4n) is 4.08. The highest BCUT2D eigenvalue weighted by molar-refractivity contribution is 7.71. The summed E-state index contributed by atoms with van der Waals surface area (Å²) in [7, 11) is 0. The van der Waals surface area contributed by atoms with Gasteiger partial charge in [0.1, 0.15) is 5.82 Å². The van der Waals surface area contributed by atoms with Gasteiger partial charge in [-0.15, -0.1) is 0 Å². The maximum absolute atomic E-state index is 12.6. The maximum Gasteiger partial charge on any atom is 0.199 e. The van der Waals surface area contributed by atoms with Crippen LogP contribution in [0.15, 0.2) is 30.3 Å². The molecular formula is C20H26N4OS. The number of Topliss-reactive ketones (excluding diaryl/α,β-unsaturated/α-hetero) is 1. The van der Waals surface area contributed by atoms with E-state index < -0.39 is 0 Å². The number of hydrogen-bond donors (Lipinski definition) is 0. The molecule has 0 radical (unpaired) electrons. The molecule has 2 aliphatic rings. The zero-order valence-electron chi connectivity index (χ0n) is 15.1. The highest BCUT2D eigenvalue weighted by atomic mass is 32.1.